The molecule has 0 aliphatic heterocycles. The lowest BCUT2D eigenvalue weighted by Crippen LogP contribution is -2.43. The van der Waals surface area contributed by atoms with E-state index in [1.165, 1.54) is 18.7 Å². The van der Waals surface area contributed by atoms with Crippen molar-refractivity contribution in [3.05, 3.63) is 35.9 Å². The first kappa shape index (κ1) is 58.2. The highest BCUT2D eigenvalue weighted by Crippen LogP contribution is 2.38. The third kappa shape index (κ3) is 30.1. The molecule has 0 spiro atoms. The highest BCUT2D eigenvalue weighted by molar-refractivity contribution is 8.23. The maximum Gasteiger partial charge on any atom is 0.310 e. The molecule has 0 amide bonds. The van der Waals surface area contributed by atoms with E-state index in [9.17, 15) is 24.8 Å². The number of methoxy groups -OCH3 is 1. The number of aliphatic carboxylic acids is 1. The van der Waals surface area contributed by atoms with Crippen LogP contribution in [-0.2, 0) is 66.5 Å². The molecule has 1 rings (SSSR count). The lowest BCUT2D eigenvalue weighted by atomic mass is 9.71. The van der Waals surface area contributed by atoms with Gasteiger partial charge in [-0.2, -0.15) is 5.26 Å². The molecule has 63 heavy (non-hydrogen) atoms. The lowest BCUT2D eigenvalue weighted by molar-refractivity contribution is -0.888. The summed E-state index contributed by atoms with van der Waals surface area (Å²) in [6, 6.07) is 11.5. The monoisotopic (exact) mass is 933 g/mol. The summed E-state index contributed by atoms with van der Waals surface area (Å²) < 4.78 is 61.2. The molecule has 3 unspecified atom stereocenters. The number of hydrogen-bond acceptors (Lipinski definition) is 17. The third-order valence-electron chi connectivity index (χ3n) is 9.75. The predicted molar refractivity (Wildman–Crippen MR) is 241 cm³/mol. The molecule has 0 aliphatic carbocycles. The number of nitrogens with zero attached hydrogens (tertiary/aromatic N) is 2. The van der Waals surface area contributed by atoms with Crippen molar-refractivity contribution in [2.45, 2.75) is 33.1 Å². The molecule has 0 saturated heterocycles. The van der Waals surface area contributed by atoms with Crippen LogP contribution in [0.3, 0.4) is 0 Å². The first-order chi connectivity index (χ1) is 30.4. The fourth-order valence-corrected chi connectivity index (χ4v) is 6.66. The number of quaternary nitrogens is 1. The van der Waals surface area contributed by atoms with Crippen LogP contribution in [0.5, 0.6) is 0 Å². The Kier molecular flexibility index (Phi) is 34.5. The highest BCUT2D eigenvalue weighted by atomic mass is 32.2. The van der Waals surface area contributed by atoms with Crippen LogP contribution >= 0.6 is 24.0 Å². The van der Waals surface area contributed by atoms with Crippen molar-refractivity contribution in [3.63, 3.8) is 0 Å². The van der Waals surface area contributed by atoms with Gasteiger partial charge >= 0.3 is 17.9 Å². The second-order valence-corrected chi connectivity index (χ2v) is 16.8. The number of thiocarbonyl (C=S) groups is 1. The minimum absolute atomic E-state index is 0.0543. The van der Waals surface area contributed by atoms with Gasteiger partial charge in [-0.1, -0.05) is 42.5 Å². The Balaban J connectivity index is 2.43. The number of carbonyl (C=O) groups is 3. The number of esters is 2. The van der Waals surface area contributed by atoms with Crippen molar-refractivity contribution < 1.29 is 76.1 Å². The minimum Gasteiger partial charge on any atom is -0.481 e. The standard InChI is InChI=1S/C44H72N2O15S2/c1-6-46(3,4)14-15-60-42(50)39(44(2,36-45)13-12-40(47)48)34-38(35-63-43(62)37-10-8-7-9-11-37)41(49)61-33-32-59-31-30-58-29-28-57-27-26-56-25-24-55-23-22-54-21-20-53-19-18-52-17-16-51-5/h7-11,38-39H,6,12-35H2,1-5H3/p+1. The summed E-state index contributed by atoms with van der Waals surface area (Å²) in [4.78, 5) is 38.9. The van der Waals surface area contributed by atoms with Crippen molar-refractivity contribution >= 4 is 46.1 Å². The van der Waals surface area contributed by atoms with Crippen LogP contribution in [0.25, 0.3) is 0 Å². The van der Waals surface area contributed by atoms with Gasteiger partial charge in [0.25, 0.3) is 0 Å². The summed E-state index contributed by atoms with van der Waals surface area (Å²) in [5.41, 5.74) is -0.623. The smallest absolute Gasteiger partial charge is 0.310 e. The Morgan fingerprint density at radius 2 is 1.14 bits per heavy atom. The quantitative estimate of drug-likeness (QED) is 0.0426. The molecule has 0 bridgehead atoms. The molecule has 19 heteroatoms. The lowest BCUT2D eigenvalue weighted by Gasteiger charge is -2.33. The number of ether oxygens (including phenoxy) is 11. The second-order valence-electron chi connectivity index (χ2n) is 15.1. The molecule has 0 fully saturated rings. The van der Waals surface area contributed by atoms with Crippen molar-refractivity contribution in [3.8, 4) is 6.07 Å². The fraction of sp³-hybridized carbons (Fsp3) is 0.750. The van der Waals surface area contributed by atoms with E-state index in [1.54, 1.807) is 7.11 Å². The maximum atomic E-state index is 13.7. The number of thioether (sulfide) groups is 1. The number of carboxylic acids is 1. The van der Waals surface area contributed by atoms with Gasteiger partial charge in [-0.3, -0.25) is 14.4 Å². The van der Waals surface area contributed by atoms with Crippen molar-refractivity contribution in [2.75, 3.05) is 166 Å². The molecule has 0 saturated carbocycles. The molecule has 1 aromatic rings. The van der Waals surface area contributed by atoms with E-state index in [1.807, 2.05) is 51.4 Å². The van der Waals surface area contributed by atoms with Crippen LogP contribution in [0.4, 0.5) is 0 Å². The predicted octanol–water partition coefficient (Wildman–Crippen LogP) is 4.07. The first-order valence-corrected chi connectivity index (χ1v) is 22.9. The van der Waals surface area contributed by atoms with Gasteiger partial charge in [0.05, 0.1) is 160 Å². The zero-order valence-corrected chi connectivity index (χ0v) is 39.7. The second kappa shape index (κ2) is 37.4. The summed E-state index contributed by atoms with van der Waals surface area (Å²) in [5, 5.41) is 19.7. The fourth-order valence-electron chi connectivity index (χ4n) is 5.40. The summed E-state index contributed by atoms with van der Waals surface area (Å²) in [6.07, 6.45) is -0.543. The van der Waals surface area contributed by atoms with Crippen LogP contribution in [0, 0.1) is 28.6 Å². The summed E-state index contributed by atoms with van der Waals surface area (Å²) in [5.74, 6) is -4.17. The number of carbonyl (C=O) groups excluding carboxylic acids is 2. The molecule has 360 valence electrons. The van der Waals surface area contributed by atoms with Gasteiger partial charge in [-0.05, 0) is 32.3 Å². The average Bonchev–Trinajstić information content (AvgIpc) is 3.27. The summed E-state index contributed by atoms with van der Waals surface area (Å²) in [6.45, 7) is 12.2. The summed E-state index contributed by atoms with van der Waals surface area (Å²) >= 11 is 6.91. The van der Waals surface area contributed by atoms with Crippen LogP contribution < -0.4 is 0 Å². The molecule has 17 nitrogen and oxygen atoms in total. The van der Waals surface area contributed by atoms with Crippen molar-refractivity contribution in [1.29, 1.82) is 5.26 Å². The highest BCUT2D eigenvalue weighted by Gasteiger charge is 2.44. The van der Waals surface area contributed by atoms with E-state index in [-0.39, 0.29) is 51.4 Å². The van der Waals surface area contributed by atoms with Gasteiger partial charge < -0.3 is 61.7 Å². The zero-order chi connectivity index (χ0) is 46.4. The number of rotatable bonds is 42. The molecular formula is C44H73N2O15S2+. The number of likely N-dealkylation sites (N-methyl/N-ethyl adjacent to an activating group) is 1. The van der Waals surface area contributed by atoms with Gasteiger partial charge in [0, 0.05) is 19.3 Å². The van der Waals surface area contributed by atoms with E-state index in [4.69, 9.17) is 64.3 Å². The Morgan fingerprint density at radius 3 is 1.56 bits per heavy atom. The summed E-state index contributed by atoms with van der Waals surface area (Å²) in [7, 11) is 5.64. The van der Waals surface area contributed by atoms with Gasteiger partial charge in [0.2, 0.25) is 0 Å². The van der Waals surface area contributed by atoms with Gasteiger partial charge in [-0.25, -0.2) is 0 Å². The van der Waals surface area contributed by atoms with Crippen molar-refractivity contribution in [1.82, 2.24) is 0 Å². The van der Waals surface area contributed by atoms with Crippen molar-refractivity contribution in [2.24, 2.45) is 17.3 Å². The van der Waals surface area contributed by atoms with Gasteiger partial charge in [0.1, 0.15) is 19.8 Å². The minimum atomic E-state index is -1.43. The average molecular weight is 934 g/mol. The Bertz CT molecular complexity index is 1410. The molecule has 1 N–H and O–H groups in total. The molecule has 0 aliphatic rings. The largest absolute Gasteiger partial charge is 0.481 e. The first-order valence-electron chi connectivity index (χ1n) is 21.5. The molecule has 0 radical (unpaired) electrons. The topological polar surface area (TPSA) is 197 Å². The molecule has 0 heterocycles. The van der Waals surface area contributed by atoms with E-state index in [2.05, 4.69) is 6.07 Å². The molecule has 3 atom stereocenters. The molecular weight excluding hydrogens is 861 g/mol. The number of hydrogen-bond donors (Lipinski definition) is 1. The molecule has 0 aromatic heterocycles. The van der Waals surface area contributed by atoms with Crippen LogP contribution in [0.15, 0.2) is 30.3 Å². The van der Waals surface area contributed by atoms with E-state index in [0.29, 0.717) is 114 Å². The van der Waals surface area contributed by atoms with Crippen LogP contribution in [0.1, 0.15) is 38.7 Å². The zero-order valence-electron chi connectivity index (χ0n) is 38.1. The van der Waals surface area contributed by atoms with Gasteiger partial charge in [0.15, 0.2) is 0 Å². The Labute approximate surface area is 384 Å². The number of carboxylic acid groups (broad SMARTS) is 1. The third-order valence-corrected chi connectivity index (χ3v) is 11.4. The van der Waals surface area contributed by atoms with E-state index >= 15 is 0 Å². The Hall–Kier alpha value is -2.84. The maximum absolute atomic E-state index is 13.7. The van der Waals surface area contributed by atoms with Gasteiger partial charge in [-0.15, -0.1) is 11.8 Å². The van der Waals surface area contributed by atoms with Crippen LogP contribution in [-0.4, -0.2) is 197 Å². The number of nitriles is 1. The Morgan fingerprint density at radius 1 is 0.714 bits per heavy atom. The van der Waals surface area contributed by atoms with E-state index in [0.717, 1.165) is 12.1 Å². The normalized spacial score (nSPS) is 13.5. The molecule has 1 aromatic carbocycles. The van der Waals surface area contributed by atoms with E-state index < -0.39 is 35.2 Å². The SMILES string of the molecule is CC[N+](C)(C)CCOC(=O)C(CC(CSC(=S)c1ccccc1)C(=O)OCCOCCOCCOCCOCCOCCOCCOCCOCCOC)C(C)(C#N)CCC(=O)O. The number of benzene rings is 1. The van der Waals surface area contributed by atoms with Crippen LogP contribution in [0.2, 0.25) is 0 Å².